The Labute approximate surface area is 168 Å². The van der Waals surface area contributed by atoms with Crippen molar-refractivity contribution in [3.63, 3.8) is 0 Å². The van der Waals surface area contributed by atoms with Gasteiger partial charge in [0.05, 0.1) is 0 Å². The Morgan fingerprint density at radius 2 is 1.68 bits per heavy atom. The first-order valence-corrected chi connectivity index (χ1v) is 10.7. The third-order valence-corrected chi connectivity index (χ3v) is 7.07. The molecule has 152 valence electrons. The Kier molecular flexibility index (Phi) is 5.35. The van der Waals surface area contributed by atoms with Crippen LogP contribution in [0.15, 0.2) is 24.3 Å². The topological polar surface area (TPSA) is 61.4 Å². The molecular weight excluding hydrogens is 350 g/mol. The van der Waals surface area contributed by atoms with E-state index in [1.807, 2.05) is 37.2 Å². The van der Waals surface area contributed by atoms with Crippen molar-refractivity contribution in [2.45, 2.75) is 51.5 Å². The normalized spacial score (nSPS) is 30.1. The van der Waals surface area contributed by atoms with E-state index in [1.165, 1.54) is 19.3 Å². The summed E-state index contributed by atoms with van der Waals surface area (Å²) in [5, 5.41) is 6.05. The molecule has 4 aliphatic carbocycles. The Morgan fingerprint density at radius 3 is 2.29 bits per heavy atom. The van der Waals surface area contributed by atoms with Crippen LogP contribution in [-0.4, -0.2) is 32.5 Å². The number of nitrogens with zero attached hydrogens (tertiary/aromatic N) is 1. The first-order valence-electron chi connectivity index (χ1n) is 10.7. The summed E-state index contributed by atoms with van der Waals surface area (Å²) in [4.78, 5) is 27.2. The number of carbonyl (C=O) groups is 2. The number of nitrogens with one attached hydrogen (secondary N) is 2. The second-order valence-electron chi connectivity index (χ2n) is 9.54. The highest BCUT2D eigenvalue weighted by Crippen LogP contribution is 2.60. The van der Waals surface area contributed by atoms with E-state index in [4.69, 9.17) is 0 Å². The molecule has 1 aromatic carbocycles. The summed E-state index contributed by atoms with van der Waals surface area (Å²) < 4.78 is 0. The quantitative estimate of drug-likeness (QED) is 0.761. The lowest BCUT2D eigenvalue weighted by Crippen LogP contribution is -2.53. The van der Waals surface area contributed by atoms with Crippen molar-refractivity contribution >= 4 is 17.5 Å². The van der Waals surface area contributed by atoms with Gasteiger partial charge in [0.15, 0.2) is 0 Å². The maximum absolute atomic E-state index is 12.9. The first kappa shape index (κ1) is 19.3. The van der Waals surface area contributed by atoms with Crippen molar-refractivity contribution in [2.75, 3.05) is 25.5 Å². The standard InChI is InChI=1S/C23H33N3O2/c1-26(2)20-5-3-4-16(11-20)15-25-21(27)6-7-24-22(28)23-12-17-8-18(13-23)10-19(9-17)14-23/h3-5,11,17-19H,6-10,12-15H2,1-2H3,(H,24,28)(H,25,27). The summed E-state index contributed by atoms with van der Waals surface area (Å²) in [6.07, 6.45) is 7.56. The van der Waals surface area contributed by atoms with E-state index in [0.29, 0.717) is 19.5 Å². The molecule has 2 N–H and O–H groups in total. The van der Waals surface area contributed by atoms with Gasteiger partial charge in [-0.2, -0.15) is 0 Å². The van der Waals surface area contributed by atoms with E-state index in [-0.39, 0.29) is 17.2 Å². The second kappa shape index (κ2) is 7.76. The molecule has 5 nitrogen and oxygen atoms in total. The lowest BCUT2D eigenvalue weighted by atomic mass is 9.49. The van der Waals surface area contributed by atoms with Crippen molar-refractivity contribution in [1.82, 2.24) is 10.6 Å². The minimum Gasteiger partial charge on any atom is -0.378 e. The van der Waals surface area contributed by atoms with Crippen LogP contribution in [0.1, 0.15) is 50.5 Å². The van der Waals surface area contributed by atoms with Crippen molar-refractivity contribution < 1.29 is 9.59 Å². The second-order valence-corrected chi connectivity index (χ2v) is 9.54. The van der Waals surface area contributed by atoms with Crippen molar-refractivity contribution in [1.29, 1.82) is 0 Å². The molecule has 0 aromatic heterocycles. The van der Waals surface area contributed by atoms with Gasteiger partial charge >= 0.3 is 0 Å². The van der Waals surface area contributed by atoms with E-state index < -0.39 is 0 Å². The number of benzene rings is 1. The van der Waals surface area contributed by atoms with Gasteiger partial charge in [0.25, 0.3) is 0 Å². The zero-order valence-corrected chi connectivity index (χ0v) is 17.2. The van der Waals surface area contributed by atoms with E-state index in [9.17, 15) is 9.59 Å². The highest BCUT2D eigenvalue weighted by atomic mass is 16.2. The average Bonchev–Trinajstić information content (AvgIpc) is 2.65. The van der Waals surface area contributed by atoms with Crippen LogP contribution in [0.2, 0.25) is 0 Å². The van der Waals surface area contributed by atoms with Crippen LogP contribution in [-0.2, 0) is 16.1 Å². The monoisotopic (exact) mass is 383 g/mol. The van der Waals surface area contributed by atoms with Crippen molar-refractivity contribution in [3.8, 4) is 0 Å². The summed E-state index contributed by atoms with van der Waals surface area (Å²) in [5.41, 5.74) is 2.07. The van der Waals surface area contributed by atoms with Crippen LogP contribution in [0.25, 0.3) is 0 Å². The van der Waals surface area contributed by atoms with E-state index in [1.54, 1.807) is 0 Å². The molecule has 0 saturated heterocycles. The van der Waals surface area contributed by atoms with E-state index >= 15 is 0 Å². The fourth-order valence-electron chi connectivity index (χ4n) is 6.10. The van der Waals surface area contributed by atoms with E-state index in [0.717, 1.165) is 48.3 Å². The smallest absolute Gasteiger partial charge is 0.226 e. The number of carbonyl (C=O) groups excluding carboxylic acids is 2. The largest absolute Gasteiger partial charge is 0.378 e. The third kappa shape index (κ3) is 4.03. The maximum atomic E-state index is 12.9. The lowest BCUT2D eigenvalue weighted by molar-refractivity contribution is -0.146. The molecule has 0 atom stereocenters. The summed E-state index contributed by atoms with van der Waals surface area (Å²) in [5.74, 6) is 2.48. The molecule has 5 rings (SSSR count). The van der Waals surface area contributed by atoms with Crippen molar-refractivity contribution in [2.24, 2.45) is 23.2 Å². The Morgan fingerprint density at radius 1 is 1.04 bits per heavy atom. The SMILES string of the molecule is CN(C)c1cccc(CNC(=O)CCNC(=O)C23CC4CC(CC(C4)C2)C3)c1. The van der Waals surface area contributed by atoms with Gasteiger partial charge < -0.3 is 15.5 Å². The van der Waals surface area contributed by atoms with Gasteiger partial charge in [0.1, 0.15) is 0 Å². The zero-order valence-electron chi connectivity index (χ0n) is 17.2. The fourth-order valence-corrected chi connectivity index (χ4v) is 6.10. The molecule has 4 bridgehead atoms. The first-order chi connectivity index (χ1) is 13.4. The van der Waals surface area contributed by atoms with Gasteiger partial charge in [-0.05, 0) is 74.0 Å². The molecule has 0 unspecified atom stereocenters. The van der Waals surface area contributed by atoms with Gasteiger partial charge in [0, 0.05) is 44.7 Å². The van der Waals surface area contributed by atoms with Gasteiger partial charge in [0.2, 0.25) is 11.8 Å². The van der Waals surface area contributed by atoms with Gasteiger partial charge in [-0.1, -0.05) is 12.1 Å². The summed E-state index contributed by atoms with van der Waals surface area (Å²) >= 11 is 0. The maximum Gasteiger partial charge on any atom is 0.226 e. The van der Waals surface area contributed by atoms with Gasteiger partial charge in [-0.3, -0.25) is 9.59 Å². The van der Waals surface area contributed by atoms with Crippen LogP contribution in [0, 0.1) is 23.2 Å². The van der Waals surface area contributed by atoms with Crippen LogP contribution in [0.4, 0.5) is 5.69 Å². The minimum absolute atomic E-state index is 0.0129. The molecule has 4 fully saturated rings. The molecule has 0 radical (unpaired) electrons. The molecule has 1 aromatic rings. The summed E-state index contributed by atoms with van der Waals surface area (Å²) in [6, 6.07) is 8.14. The average molecular weight is 384 g/mol. The van der Waals surface area contributed by atoms with Gasteiger partial charge in [-0.15, -0.1) is 0 Å². The summed E-state index contributed by atoms with van der Waals surface area (Å²) in [6.45, 7) is 0.952. The van der Waals surface area contributed by atoms with Crippen LogP contribution in [0.3, 0.4) is 0 Å². The molecule has 2 amide bonds. The van der Waals surface area contributed by atoms with Crippen LogP contribution >= 0.6 is 0 Å². The third-order valence-electron chi connectivity index (χ3n) is 7.07. The minimum atomic E-state index is -0.127. The number of amides is 2. The number of rotatable bonds is 7. The molecule has 4 saturated carbocycles. The zero-order chi connectivity index (χ0) is 19.7. The summed E-state index contributed by atoms with van der Waals surface area (Å²) in [7, 11) is 4.01. The number of hydrogen-bond acceptors (Lipinski definition) is 3. The Balaban J connectivity index is 1.21. The number of anilines is 1. The van der Waals surface area contributed by atoms with Crippen LogP contribution < -0.4 is 15.5 Å². The van der Waals surface area contributed by atoms with Gasteiger partial charge in [-0.25, -0.2) is 0 Å². The van der Waals surface area contributed by atoms with Crippen LogP contribution in [0.5, 0.6) is 0 Å². The molecule has 0 spiro atoms. The molecule has 0 heterocycles. The fraction of sp³-hybridized carbons (Fsp3) is 0.652. The predicted octanol–water partition coefficient (Wildman–Crippen LogP) is 3.09. The highest BCUT2D eigenvalue weighted by Gasteiger charge is 2.54. The molecule has 4 aliphatic rings. The van der Waals surface area contributed by atoms with Crippen molar-refractivity contribution in [3.05, 3.63) is 29.8 Å². The Hall–Kier alpha value is -2.04. The van der Waals surface area contributed by atoms with E-state index in [2.05, 4.69) is 16.7 Å². The molecule has 28 heavy (non-hydrogen) atoms. The number of hydrogen-bond donors (Lipinski definition) is 2. The lowest BCUT2D eigenvalue weighted by Gasteiger charge is -2.55. The Bertz CT molecular complexity index is 708. The molecule has 5 heteroatoms. The predicted molar refractivity (Wildman–Crippen MR) is 111 cm³/mol. The molecular formula is C23H33N3O2. The molecule has 0 aliphatic heterocycles. The highest BCUT2D eigenvalue weighted by molar-refractivity contribution is 5.84.